The molecule has 1 aromatic rings. The maximum Gasteiger partial charge on any atom is 0.256 e. The number of hydrogen-bond acceptors (Lipinski definition) is 2. The topological polar surface area (TPSA) is 42.2 Å². The summed E-state index contributed by atoms with van der Waals surface area (Å²) in [7, 11) is 0. The van der Waals surface area contributed by atoms with Crippen molar-refractivity contribution in [3.05, 3.63) is 23.1 Å². The molecule has 1 rings (SSSR count). The molecule has 0 bridgehead atoms. The smallest absolute Gasteiger partial charge is 0.256 e. The van der Waals surface area contributed by atoms with Crippen LogP contribution < -0.4 is 5.32 Å². The Balaban J connectivity index is 2.40. The molecule has 78 valence electrons. The third-order valence-electron chi connectivity index (χ3n) is 1.87. The molecule has 1 heterocycles. The summed E-state index contributed by atoms with van der Waals surface area (Å²) in [5, 5.41) is 2.92. The standard InChI is InChI=1S/C10H14ClNO2/c1-7(2)3-5-12-10(13)8-4-6-14-9(8)11/h4,6-7H,3,5H2,1-2H3,(H,12,13). The van der Waals surface area contributed by atoms with E-state index in [4.69, 9.17) is 16.0 Å². The number of carbonyl (C=O) groups excluding carboxylic acids is 1. The summed E-state index contributed by atoms with van der Waals surface area (Å²) in [6.07, 6.45) is 2.36. The Morgan fingerprint density at radius 2 is 2.36 bits per heavy atom. The quantitative estimate of drug-likeness (QED) is 0.839. The van der Waals surface area contributed by atoms with Gasteiger partial charge in [0.25, 0.3) is 5.91 Å². The second-order valence-electron chi connectivity index (χ2n) is 3.55. The van der Waals surface area contributed by atoms with Crippen molar-refractivity contribution < 1.29 is 9.21 Å². The zero-order chi connectivity index (χ0) is 10.6. The minimum absolute atomic E-state index is 0.145. The maximum absolute atomic E-state index is 11.5. The highest BCUT2D eigenvalue weighted by molar-refractivity contribution is 6.32. The lowest BCUT2D eigenvalue weighted by molar-refractivity contribution is 0.0951. The van der Waals surface area contributed by atoms with Crippen LogP contribution >= 0.6 is 11.6 Å². The van der Waals surface area contributed by atoms with E-state index in [-0.39, 0.29) is 11.1 Å². The number of rotatable bonds is 4. The molecule has 1 amide bonds. The van der Waals surface area contributed by atoms with Gasteiger partial charge in [-0.05, 0) is 30.0 Å². The van der Waals surface area contributed by atoms with Crippen molar-refractivity contribution in [3.8, 4) is 0 Å². The van der Waals surface area contributed by atoms with Crippen LogP contribution in [-0.4, -0.2) is 12.5 Å². The molecule has 0 aliphatic rings. The molecular weight excluding hydrogens is 202 g/mol. The fourth-order valence-electron chi connectivity index (χ4n) is 1.03. The number of carbonyl (C=O) groups is 1. The summed E-state index contributed by atoms with van der Waals surface area (Å²) in [6.45, 7) is 4.88. The molecule has 0 saturated heterocycles. The summed E-state index contributed by atoms with van der Waals surface area (Å²) in [6, 6.07) is 1.56. The van der Waals surface area contributed by atoms with Crippen molar-refractivity contribution in [2.45, 2.75) is 20.3 Å². The van der Waals surface area contributed by atoms with Crippen LogP contribution in [0.25, 0.3) is 0 Å². The first-order valence-corrected chi connectivity index (χ1v) is 5.00. The Morgan fingerprint density at radius 3 is 2.86 bits per heavy atom. The Labute approximate surface area is 88.4 Å². The number of furan rings is 1. The van der Waals surface area contributed by atoms with Gasteiger partial charge in [0.05, 0.1) is 11.8 Å². The molecule has 0 saturated carbocycles. The number of amides is 1. The van der Waals surface area contributed by atoms with E-state index >= 15 is 0 Å². The summed E-state index contributed by atoms with van der Waals surface area (Å²) < 4.78 is 4.82. The average Bonchev–Trinajstić information content (AvgIpc) is 2.50. The van der Waals surface area contributed by atoms with Crippen molar-refractivity contribution >= 4 is 17.5 Å². The molecule has 0 fully saturated rings. The highest BCUT2D eigenvalue weighted by Gasteiger charge is 2.11. The average molecular weight is 216 g/mol. The molecule has 1 aromatic heterocycles. The predicted molar refractivity (Wildman–Crippen MR) is 55.5 cm³/mol. The van der Waals surface area contributed by atoms with Crippen LogP contribution in [0.1, 0.15) is 30.6 Å². The number of halogens is 1. The summed E-state index contributed by atoms with van der Waals surface area (Å²) in [4.78, 5) is 11.5. The largest absolute Gasteiger partial charge is 0.452 e. The highest BCUT2D eigenvalue weighted by atomic mass is 35.5. The molecule has 1 N–H and O–H groups in total. The molecule has 3 nitrogen and oxygen atoms in total. The first-order chi connectivity index (χ1) is 6.61. The first-order valence-electron chi connectivity index (χ1n) is 4.62. The van der Waals surface area contributed by atoms with Crippen molar-refractivity contribution in [2.75, 3.05) is 6.54 Å². The lowest BCUT2D eigenvalue weighted by Gasteiger charge is -2.05. The molecule has 0 aliphatic carbocycles. The lowest BCUT2D eigenvalue weighted by atomic mass is 10.1. The van der Waals surface area contributed by atoms with Gasteiger partial charge in [-0.3, -0.25) is 4.79 Å². The predicted octanol–water partition coefficient (Wildman–Crippen LogP) is 2.71. The summed E-state index contributed by atoms with van der Waals surface area (Å²) >= 11 is 5.65. The molecule has 14 heavy (non-hydrogen) atoms. The van der Waals surface area contributed by atoms with E-state index in [1.807, 2.05) is 0 Å². The van der Waals surface area contributed by atoms with Gasteiger partial charge in [0.2, 0.25) is 5.22 Å². The van der Waals surface area contributed by atoms with Crippen LogP contribution in [0.15, 0.2) is 16.7 Å². The number of hydrogen-bond donors (Lipinski definition) is 1. The van der Waals surface area contributed by atoms with Crippen LogP contribution in [0.3, 0.4) is 0 Å². The Bertz CT molecular complexity index is 307. The monoisotopic (exact) mass is 215 g/mol. The third kappa shape index (κ3) is 3.07. The zero-order valence-electron chi connectivity index (χ0n) is 8.34. The Hall–Kier alpha value is -0.960. The fraction of sp³-hybridized carbons (Fsp3) is 0.500. The van der Waals surface area contributed by atoms with Crippen LogP contribution in [0.4, 0.5) is 0 Å². The molecule has 0 radical (unpaired) electrons. The second kappa shape index (κ2) is 5.05. The van der Waals surface area contributed by atoms with Crippen LogP contribution in [0.5, 0.6) is 0 Å². The normalized spacial score (nSPS) is 10.6. The van der Waals surface area contributed by atoms with E-state index in [1.54, 1.807) is 6.07 Å². The Morgan fingerprint density at radius 1 is 1.64 bits per heavy atom. The molecule has 0 unspecified atom stereocenters. The summed E-state index contributed by atoms with van der Waals surface area (Å²) in [5.41, 5.74) is 0.399. The minimum atomic E-state index is -0.176. The van der Waals surface area contributed by atoms with Crippen molar-refractivity contribution in [1.29, 1.82) is 0 Å². The van der Waals surface area contributed by atoms with E-state index in [0.29, 0.717) is 18.0 Å². The van der Waals surface area contributed by atoms with Crippen LogP contribution in [-0.2, 0) is 0 Å². The van der Waals surface area contributed by atoms with E-state index < -0.39 is 0 Å². The fourth-order valence-corrected chi connectivity index (χ4v) is 1.23. The van der Waals surface area contributed by atoms with Gasteiger partial charge in [-0.1, -0.05) is 13.8 Å². The van der Waals surface area contributed by atoms with Gasteiger partial charge in [0.15, 0.2) is 0 Å². The summed E-state index contributed by atoms with van der Waals surface area (Å²) in [5.74, 6) is 0.402. The molecule has 4 heteroatoms. The molecule has 0 aliphatic heterocycles. The SMILES string of the molecule is CC(C)CCNC(=O)c1ccoc1Cl. The van der Waals surface area contributed by atoms with Crippen molar-refractivity contribution in [1.82, 2.24) is 5.32 Å². The van der Waals surface area contributed by atoms with Gasteiger partial charge < -0.3 is 9.73 Å². The van der Waals surface area contributed by atoms with Crippen molar-refractivity contribution in [2.24, 2.45) is 5.92 Å². The van der Waals surface area contributed by atoms with Gasteiger partial charge in [-0.25, -0.2) is 0 Å². The van der Waals surface area contributed by atoms with Gasteiger partial charge in [-0.15, -0.1) is 0 Å². The Kier molecular flexibility index (Phi) is 4.01. The third-order valence-corrected chi connectivity index (χ3v) is 2.16. The van der Waals surface area contributed by atoms with Gasteiger partial charge in [0, 0.05) is 6.54 Å². The lowest BCUT2D eigenvalue weighted by Crippen LogP contribution is -2.25. The van der Waals surface area contributed by atoms with Crippen molar-refractivity contribution in [3.63, 3.8) is 0 Å². The van der Waals surface area contributed by atoms with E-state index in [2.05, 4.69) is 19.2 Å². The molecule has 0 spiro atoms. The highest BCUT2D eigenvalue weighted by Crippen LogP contribution is 2.16. The molecular formula is C10H14ClNO2. The zero-order valence-corrected chi connectivity index (χ0v) is 9.10. The van der Waals surface area contributed by atoms with Crippen LogP contribution in [0.2, 0.25) is 5.22 Å². The van der Waals surface area contributed by atoms with E-state index in [0.717, 1.165) is 6.42 Å². The van der Waals surface area contributed by atoms with E-state index in [1.165, 1.54) is 6.26 Å². The van der Waals surface area contributed by atoms with E-state index in [9.17, 15) is 4.79 Å². The minimum Gasteiger partial charge on any atom is -0.452 e. The van der Waals surface area contributed by atoms with Crippen LogP contribution in [0, 0.1) is 5.92 Å². The van der Waals surface area contributed by atoms with Gasteiger partial charge in [-0.2, -0.15) is 0 Å². The van der Waals surface area contributed by atoms with Gasteiger partial charge >= 0.3 is 0 Å². The molecule has 0 aromatic carbocycles. The second-order valence-corrected chi connectivity index (χ2v) is 3.89. The van der Waals surface area contributed by atoms with Gasteiger partial charge in [0.1, 0.15) is 0 Å². The first kappa shape index (κ1) is 11.1. The number of nitrogens with one attached hydrogen (secondary N) is 1. The molecule has 0 atom stereocenters. The maximum atomic E-state index is 11.5.